The molecule has 1 fully saturated rings. The summed E-state index contributed by atoms with van der Waals surface area (Å²) in [6, 6.07) is 16.6. The summed E-state index contributed by atoms with van der Waals surface area (Å²) < 4.78 is 6.89. The van der Waals surface area contributed by atoms with Gasteiger partial charge in [0.25, 0.3) is 11.8 Å². The molecule has 0 bridgehead atoms. The molecular weight excluding hydrogens is 418 g/mol. The molecule has 0 saturated carbocycles. The molecule has 8 heteroatoms. The van der Waals surface area contributed by atoms with Crippen LogP contribution < -0.4 is 10.1 Å². The lowest BCUT2D eigenvalue weighted by Gasteiger charge is -2.37. The van der Waals surface area contributed by atoms with Gasteiger partial charge in [-0.15, -0.1) is 0 Å². The quantitative estimate of drug-likeness (QED) is 0.625. The number of hydrogen-bond acceptors (Lipinski definition) is 5. The van der Waals surface area contributed by atoms with E-state index in [4.69, 9.17) is 4.74 Å². The van der Waals surface area contributed by atoms with E-state index in [1.54, 1.807) is 47.2 Å². The summed E-state index contributed by atoms with van der Waals surface area (Å²) >= 11 is 0. The van der Waals surface area contributed by atoms with E-state index in [1.165, 1.54) is 0 Å². The van der Waals surface area contributed by atoms with Crippen LogP contribution in [-0.4, -0.2) is 64.7 Å². The van der Waals surface area contributed by atoms with E-state index in [1.807, 2.05) is 49.3 Å². The highest BCUT2D eigenvalue weighted by Crippen LogP contribution is 2.25. The molecule has 0 radical (unpaired) electrons. The predicted molar refractivity (Wildman–Crippen MR) is 127 cm³/mol. The number of rotatable bonds is 6. The summed E-state index contributed by atoms with van der Waals surface area (Å²) in [6.07, 6.45) is 3.18. The van der Waals surface area contributed by atoms with Crippen molar-refractivity contribution in [2.24, 2.45) is 7.05 Å². The van der Waals surface area contributed by atoms with Crippen molar-refractivity contribution in [1.29, 1.82) is 0 Å². The molecule has 2 amide bonds. The van der Waals surface area contributed by atoms with Gasteiger partial charge in [-0.05, 0) is 49.2 Å². The Morgan fingerprint density at radius 3 is 2.39 bits per heavy atom. The molecule has 0 unspecified atom stereocenters. The summed E-state index contributed by atoms with van der Waals surface area (Å²) in [5, 5.41) is 7.47. The summed E-state index contributed by atoms with van der Waals surface area (Å²) in [7, 11) is 5.29. The fourth-order valence-corrected chi connectivity index (χ4v) is 4.14. The van der Waals surface area contributed by atoms with Crippen LogP contribution in [0.25, 0.3) is 0 Å². The predicted octanol–water partition coefficient (Wildman–Crippen LogP) is 3.55. The molecule has 0 aliphatic carbocycles. The van der Waals surface area contributed by atoms with Crippen LogP contribution in [0.1, 0.15) is 33.6 Å². The van der Waals surface area contributed by atoms with Crippen molar-refractivity contribution in [1.82, 2.24) is 19.6 Å². The van der Waals surface area contributed by atoms with Gasteiger partial charge in [-0.25, -0.2) is 0 Å². The Hall–Kier alpha value is -3.81. The third kappa shape index (κ3) is 4.84. The lowest BCUT2D eigenvalue weighted by molar-refractivity contribution is 0.0570. The maximum Gasteiger partial charge on any atom is 0.255 e. The van der Waals surface area contributed by atoms with Gasteiger partial charge in [0.15, 0.2) is 0 Å². The van der Waals surface area contributed by atoms with Gasteiger partial charge in [-0.1, -0.05) is 12.1 Å². The largest absolute Gasteiger partial charge is 0.497 e. The number of carbonyl (C=O) groups is 2. The summed E-state index contributed by atoms with van der Waals surface area (Å²) in [4.78, 5) is 29.9. The molecule has 3 aromatic rings. The first kappa shape index (κ1) is 22.4. The molecular formula is C25H29N5O3. The standard InChI is InChI=1S/C25H29N5O3/c1-28(24(31)18-8-10-20(33-3)11-9-18)19-13-16-30(17-14-19)25(32)21-6-4-5-7-22(21)27-23-12-15-26-29(23)2/h4-12,15,19,27H,13-14,16-17H2,1-3H3. The minimum Gasteiger partial charge on any atom is -0.497 e. The Morgan fingerprint density at radius 1 is 1.06 bits per heavy atom. The number of aryl methyl sites for hydroxylation is 1. The molecule has 0 spiro atoms. The molecule has 1 N–H and O–H groups in total. The Kier molecular flexibility index (Phi) is 6.63. The van der Waals surface area contributed by atoms with Gasteiger partial charge in [-0.3, -0.25) is 14.3 Å². The number of benzene rings is 2. The zero-order chi connectivity index (χ0) is 23.4. The summed E-state index contributed by atoms with van der Waals surface area (Å²) in [5.74, 6) is 1.50. The van der Waals surface area contributed by atoms with Crippen molar-refractivity contribution in [2.75, 3.05) is 32.6 Å². The Morgan fingerprint density at radius 2 is 1.76 bits per heavy atom. The number of nitrogens with one attached hydrogen (secondary N) is 1. The van der Waals surface area contributed by atoms with E-state index in [-0.39, 0.29) is 17.9 Å². The topological polar surface area (TPSA) is 79.7 Å². The zero-order valence-electron chi connectivity index (χ0n) is 19.2. The second kappa shape index (κ2) is 9.77. The highest BCUT2D eigenvalue weighted by Gasteiger charge is 2.29. The van der Waals surface area contributed by atoms with Crippen molar-refractivity contribution < 1.29 is 14.3 Å². The third-order valence-electron chi connectivity index (χ3n) is 6.20. The molecule has 33 heavy (non-hydrogen) atoms. The summed E-state index contributed by atoms with van der Waals surface area (Å²) in [5.41, 5.74) is 2.01. The van der Waals surface area contributed by atoms with Crippen LogP contribution in [0.2, 0.25) is 0 Å². The third-order valence-corrected chi connectivity index (χ3v) is 6.20. The van der Waals surface area contributed by atoms with Gasteiger partial charge in [-0.2, -0.15) is 5.10 Å². The first-order valence-corrected chi connectivity index (χ1v) is 11.0. The van der Waals surface area contributed by atoms with Crippen LogP contribution in [0.4, 0.5) is 11.5 Å². The number of ether oxygens (including phenoxy) is 1. The number of nitrogens with zero attached hydrogens (tertiary/aromatic N) is 4. The number of amides is 2. The van der Waals surface area contributed by atoms with E-state index in [0.717, 1.165) is 30.1 Å². The summed E-state index contributed by atoms with van der Waals surface area (Å²) in [6.45, 7) is 1.20. The lowest BCUT2D eigenvalue weighted by Crippen LogP contribution is -2.47. The van der Waals surface area contributed by atoms with Crippen LogP contribution in [0.5, 0.6) is 5.75 Å². The SMILES string of the molecule is COc1ccc(C(=O)N(C)C2CCN(C(=O)c3ccccc3Nc3ccnn3C)CC2)cc1. The molecule has 1 aliphatic rings. The van der Waals surface area contributed by atoms with E-state index in [2.05, 4.69) is 10.4 Å². The minimum atomic E-state index is -0.0202. The molecule has 2 heterocycles. The van der Waals surface area contributed by atoms with Crippen LogP contribution in [0, 0.1) is 0 Å². The highest BCUT2D eigenvalue weighted by molar-refractivity contribution is 6.00. The lowest BCUT2D eigenvalue weighted by atomic mass is 10.0. The Balaban J connectivity index is 1.39. The molecule has 4 rings (SSSR count). The Labute approximate surface area is 193 Å². The molecule has 0 atom stereocenters. The van der Waals surface area contributed by atoms with Gasteiger partial charge in [0, 0.05) is 44.9 Å². The molecule has 172 valence electrons. The van der Waals surface area contributed by atoms with E-state index in [0.29, 0.717) is 24.2 Å². The average molecular weight is 448 g/mol. The maximum absolute atomic E-state index is 13.3. The van der Waals surface area contributed by atoms with Gasteiger partial charge >= 0.3 is 0 Å². The van der Waals surface area contributed by atoms with E-state index in [9.17, 15) is 9.59 Å². The van der Waals surface area contributed by atoms with Gasteiger partial charge in [0.05, 0.1) is 24.6 Å². The second-order valence-corrected chi connectivity index (χ2v) is 8.18. The number of anilines is 2. The second-order valence-electron chi connectivity index (χ2n) is 8.18. The van der Waals surface area contributed by atoms with Gasteiger partial charge in [0.1, 0.15) is 11.6 Å². The average Bonchev–Trinajstić information content (AvgIpc) is 3.27. The van der Waals surface area contributed by atoms with Crippen molar-refractivity contribution in [2.45, 2.75) is 18.9 Å². The first-order valence-electron chi connectivity index (χ1n) is 11.0. The van der Waals surface area contributed by atoms with Crippen molar-refractivity contribution >= 4 is 23.3 Å². The monoisotopic (exact) mass is 447 g/mol. The number of piperidine rings is 1. The highest BCUT2D eigenvalue weighted by atomic mass is 16.5. The van der Waals surface area contributed by atoms with Crippen LogP contribution in [-0.2, 0) is 7.05 Å². The fourth-order valence-electron chi connectivity index (χ4n) is 4.14. The smallest absolute Gasteiger partial charge is 0.255 e. The molecule has 2 aromatic carbocycles. The van der Waals surface area contributed by atoms with Crippen molar-refractivity contribution in [3.8, 4) is 5.75 Å². The number of aromatic nitrogens is 2. The zero-order valence-corrected chi connectivity index (χ0v) is 19.2. The normalized spacial score (nSPS) is 14.1. The fraction of sp³-hybridized carbons (Fsp3) is 0.320. The van der Waals surface area contributed by atoms with Crippen LogP contribution in [0.15, 0.2) is 60.8 Å². The molecule has 8 nitrogen and oxygen atoms in total. The number of para-hydroxylation sites is 1. The number of methoxy groups -OCH3 is 1. The maximum atomic E-state index is 13.3. The number of likely N-dealkylation sites (tertiary alicyclic amines) is 1. The van der Waals surface area contributed by atoms with E-state index < -0.39 is 0 Å². The number of hydrogen-bond donors (Lipinski definition) is 1. The first-order chi connectivity index (χ1) is 16.0. The van der Waals surface area contributed by atoms with Gasteiger partial charge in [0.2, 0.25) is 0 Å². The minimum absolute atomic E-state index is 0.0112. The molecule has 1 aromatic heterocycles. The van der Waals surface area contributed by atoms with Crippen LogP contribution in [0.3, 0.4) is 0 Å². The molecule has 1 aliphatic heterocycles. The van der Waals surface area contributed by atoms with Crippen LogP contribution >= 0.6 is 0 Å². The van der Waals surface area contributed by atoms with Gasteiger partial charge < -0.3 is 19.9 Å². The van der Waals surface area contributed by atoms with E-state index >= 15 is 0 Å². The van der Waals surface area contributed by atoms with Crippen molar-refractivity contribution in [3.63, 3.8) is 0 Å². The number of carbonyl (C=O) groups excluding carboxylic acids is 2. The molecule has 1 saturated heterocycles. The Bertz CT molecular complexity index is 1120. The van der Waals surface area contributed by atoms with Crippen molar-refractivity contribution in [3.05, 3.63) is 71.9 Å².